The molecule has 0 spiro atoms. The molecule has 1 atom stereocenters. The lowest BCUT2D eigenvalue weighted by Gasteiger charge is -2.32. The topological polar surface area (TPSA) is 94.1 Å². The standard InChI is InChI=1S/C26H28BrN5O2S/c1-3-21(31(15-7-14-28)25(33)19-10-12-20(27)13-11-19)23-29-24-22(17(2)30-35-24)26(34)32(23)16-18-8-5-4-6-9-18/h4-6,8-13,21H,3,7,14-16,28H2,1-2H3/t21-/m1/s1. The van der Waals surface area contributed by atoms with Crippen LogP contribution in [0.2, 0.25) is 0 Å². The van der Waals surface area contributed by atoms with Gasteiger partial charge in [-0.1, -0.05) is 53.2 Å². The van der Waals surface area contributed by atoms with Crippen molar-refractivity contribution in [3.05, 3.63) is 92.1 Å². The molecule has 0 bridgehead atoms. The maximum absolute atomic E-state index is 13.7. The van der Waals surface area contributed by atoms with Crippen LogP contribution in [0.15, 0.2) is 63.9 Å². The zero-order chi connectivity index (χ0) is 24.9. The number of carbonyl (C=O) groups excluding carboxylic acids is 1. The molecular formula is C26H28BrN5O2S. The molecule has 0 saturated carbocycles. The lowest BCUT2D eigenvalue weighted by atomic mass is 10.1. The molecule has 0 aliphatic carbocycles. The number of nitrogens with zero attached hydrogens (tertiary/aromatic N) is 4. The number of hydrogen-bond acceptors (Lipinski definition) is 6. The monoisotopic (exact) mass is 553 g/mol. The fraction of sp³-hybridized carbons (Fsp3) is 0.308. The number of carbonyl (C=O) groups is 1. The Hall–Kier alpha value is -2.88. The predicted octanol–water partition coefficient (Wildman–Crippen LogP) is 4.91. The van der Waals surface area contributed by atoms with Crippen molar-refractivity contribution in [3.63, 3.8) is 0 Å². The Balaban J connectivity index is 1.86. The van der Waals surface area contributed by atoms with Crippen molar-refractivity contribution in [2.45, 2.75) is 39.3 Å². The normalized spacial score (nSPS) is 12.1. The number of halogens is 1. The van der Waals surface area contributed by atoms with Gasteiger partial charge in [-0.3, -0.25) is 14.2 Å². The Kier molecular flexibility index (Phi) is 8.10. The van der Waals surface area contributed by atoms with Crippen molar-refractivity contribution < 1.29 is 4.79 Å². The maximum atomic E-state index is 13.7. The second kappa shape index (κ2) is 11.2. The van der Waals surface area contributed by atoms with Gasteiger partial charge < -0.3 is 10.6 Å². The summed E-state index contributed by atoms with van der Waals surface area (Å²) in [4.78, 5) is 34.8. The van der Waals surface area contributed by atoms with E-state index in [9.17, 15) is 9.59 Å². The Morgan fingerprint density at radius 3 is 2.54 bits per heavy atom. The van der Waals surface area contributed by atoms with Gasteiger partial charge in [0.25, 0.3) is 11.5 Å². The zero-order valence-electron chi connectivity index (χ0n) is 19.8. The minimum Gasteiger partial charge on any atom is -0.330 e. The van der Waals surface area contributed by atoms with E-state index >= 15 is 0 Å². The average molecular weight is 555 g/mol. The second-order valence-corrected chi connectivity index (χ2v) is 10.0. The first-order valence-corrected chi connectivity index (χ1v) is 13.2. The molecule has 0 fully saturated rings. The van der Waals surface area contributed by atoms with E-state index in [0.717, 1.165) is 10.0 Å². The Morgan fingerprint density at radius 1 is 1.17 bits per heavy atom. The zero-order valence-corrected chi connectivity index (χ0v) is 22.2. The molecular weight excluding hydrogens is 526 g/mol. The van der Waals surface area contributed by atoms with Crippen molar-refractivity contribution in [1.82, 2.24) is 18.8 Å². The number of aromatic nitrogens is 3. The Bertz CT molecular complexity index is 1370. The highest BCUT2D eigenvalue weighted by Gasteiger charge is 2.29. The van der Waals surface area contributed by atoms with Gasteiger partial charge in [0, 0.05) is 16.6 Å². The van der Waals surface area contributed by atoms with Gasteiger partial charge in [-0.25, -0.2) is 4.98 Å². The lowest BCUT2D eigenvalue weighted by Crippen LogP contribution is -2.40. The van der Waals surface area contributed by atoms with Crippen LogP contribution in [0.5, 0.6) is 0 Å². The number of aryl methyl sites for hydroxylation is 1. The summed E-state index contributed by atoms with van der Waals surface area (Å²) in [6, 6.07) is 16.7. The summed E-state index contributed by atoms with van der Waals surface area (Å²) in [7, 11) is 0. The molecule has 2 heterocycles. The van der Waals surface area contributed by atoms with E-state index in [1.807, 2.05) is 56.3 Å². The molecule has 0 aliphatic rings. The van der Waals surface area contributed by atoms with Gasteiger partial charge in [0.05, 0.1) is 23.7 Å². The van der Waals surface area contributed by atoms with Crippen LogP contribution in [0.25, 0.3) is 10.2 Å². The fourth-order valence-electron chi connectivity index (χ4n) is 4.22. The molecule has 4 rings (SSSR count). The van der Waals surface area contributed by atoms with Gasteiger partial charge >= 0.3 is 0 Å². The summed E-state index contributed by atoms with van der Waals surface area (Å²) in [5.74, 6) is 0.457. The summed E-state index contributed by atoms with van der Waals surface area (Å²) in [6.07, 6.45) is 1.24. The van der Waals surface area contributed by atoms with Gasteiger partial charge in [0.15, 0.2) is 4.83 Å². The van der Waals surface area contributed by atoms with E-state index in [4.69, 9.17) is 10.7 Å². The molecule has 1 amide bonds. The quantitative estimate of drug-likeness (QED) is 0.317. The number of hydrogen-bond donors (Lipinski definition) is 1. The lowest BCUT2D eigenvalue weighted by molar-refractivity contribution is 0.0656. The first-order chi connectivity index (χ1) is 16.9. The van der Waals surface area contributed by atoms with E-state index in [1.54, 1.807) is 21.6 Å². The van der Waals surface area contributed by atoms with E-state index in [-0.39, 0.29) is 11.5 Å². The van der Waals surface area contributed by atoms with Crippen LogP contribution in [-0.4, -0.2) is 37.8 Å². The van der Waals surface area contributed by atoms with E-state index in [2.05, 4.69) is 20.3 Å². The summed E-state index contributed by atoms with van der Waals surface area (Å²) in [6.45, 7) is 5.12. The molecule has 2 aromatic heterocycles. The third-order valence-electron chi connectivity index (χ3n) is 6.00. The van der Waals surface area contributed by atoms with Crippen molar-refractivity contribution in [3.8, 4) is 0 Å². The Labute approximate surface area is 216 Å². The van der Waals surface area contributed by atoms with Crippen LogP contribution >= 0.6 is 27.5 Å². The van der Waals surface area contributed by atoms with Gasteiger partial charge in [-0.05, 0) is 67.7 Å². The van der Waals surface area contributed by atoms with Crippen LogP contribution in [-0.2, 0) is 6.54 Å². The van der Waals surface area contributed by atoms with Gasteiger partial charge in [0.2, 0.25) is 0 Å². The Morgan fingerprint density at radius 2 is 1.89 bits per heavy atom. The molecule has 0 unspecified atom stereocenters. The SMILES string of the molecule is CC[C@H](c1nc2snc(C)c2c(=O)n1Cc1ccccc1)N(CCCN)C(=O)c1ccc(Br)cc1. The van der Waals surface area contributed by atoms with Crippen molar-refractivity contribution >= 4 is 43.6 Å². The summed E-state index contributed by atoms with van der Waals surface area (Å²) in [5.41, 5.74) is 7.94. The van der Waals surface area contributed by atoms with Crippen LogP contribution in [0.4, 0.5) is 0 Å². The van der Waals surface area contributed by atoms with Crippen LogP contribution in [0.3, 0.4) is 0 Å². The number of fused-ring (bicyclic) bond motifs is 1. The van der Waals surface area contributed by atoms with Gasteiger partial charge in [-0.2, -0.15) is 4.37 Å². The number of rotatable bonds is 9. The minimum atomic E-state index is -0.402. The van der Waals surface area contributed by atoms with Crippen molar-refractivity contribution in [1.29, 1.82) is 0 Å². The predicted molar refractivity (Wildman–Crippen MR) is 144 cm³/mol. The molecule has 7 nitrogen and oxygen atoms in total. The van der Waals surface area contributed by atoms with E-state index in [1.165, 1.54) is 11.5 Å². The molecule has 0 saturated heterocycles. The van der Waals surface area contributed by atoms with Crippen LogP contribution in [0, 0.1) is 6.92 Å². The third kappa shape index (κ3) is 5.37. The molecule has 182 valence electrons. The van der Waals surface area contributed by atoms with Gasteiger partial charge in [-0.15, -0.1) is 0 Å². The summed E-state index contributed by atoms with van der Waals surface area (Å²) < 4.78 is 6.99. The second-order valence-electron chi connectivity index (χ2n) is 8.37. The van der Waals surface area contributed by atoms with Crippen molar-refractivity contribution in [2.75, 3.05) is 13.1 Å². The number of benzene rings is 2. The molecule has 0 aliphatic heterocycles. The summed E-state index contributed by atoms with van der Waals surface area (Å²) in [5, 5.41) is 0.539. The highest BCUT2D eigenvalue weighted by molar-refractivity contribution is 9.10. The number of nitrogens with two attached hydrogens (primary N) is 1. The van der Waals surface area contributed by atoms with E-state index in [0.29, 0.717) is 59.8 Å². The largest absolute Gasteiger partial charge is 0.330 e. The van der Waals surface area contributed by atoms with E-state index < -0.39 is 6.04 Å². The first-order valence-electron chi connectivity index (χ1n) is 11.6. The maximum Gasteiger partial charge on any atom is 0.264 e. The average Bonchev–Trinajstić information content (AvgIpc) is 3.25. The first kappa shape index (κ1) is 25.2. The fourth-order valence-corrected chi connectivity index (χ4v) is 5.26. The smallest absolute Gasteiger partial charge is 0.264 e. The summed E-state index contributed by atoms with van der Waals surface area (Å²) >= 11 is 4.65. The highest BCUT2D eigenvalue weighted by atomic mass is 79.9. The minimum absolute atomic E-state index is 0.112. The molecule has 9 heteroatoms. The highest BCUT2D eigenvalue weighted by Crippen LogP contribution is 2.28. The van der Waals surface area contributed by atoms with Crippen LogP contribution < -0.4 is 11.3 Å². The molecule has 35 heavy (non-hydrogen) atoms. The molecule has 4 aromatic rings. The van der Waals surface area contributed by atoms with Gasteiger partial charge in [0.1, 0.15) is 5.82 Å². The van der Waals surface area contributed by atoms with Crippen LogP contribution in [0.1, 0.15) is 53.2 Å². The third-order valence-corrected chi connectivity index (χ3v) is 7.36. The van der Waals surface area contributed by atoms with Crippen molar-refractivity contribution in [2.24, 2.45) is 5.73 Å². The molecule has 2 aromatic carbocycles. The number of amides is 1. The molecule has 0 radical (unpaired) electrons. The molecule has 2 N–H and O–H groups in total.